The molecule has 7 nitrogen and oxygen atoms in total. The van der Waals surface area contributed by atoms with Gasteiger partial charge >= 0.3 is 0 Å². The van der Waals surface area contributed by atoms with Crippen LogP contribution in [0.5, 0.6) is 5.75 Å². The van der Waals surface area contributed by atoms with E-state index in [4.69, 9.17) is 26.1 Å². The molecule has 2 aliphatic rings. The number of pyridine rings is 1. The van der Waals surface area contributed by atoms with Crippen molar-refractivity contribution in [3.8, 4) is 11.8 Å². The Bertz CT molecular complexity index is 1070. The van der Waals surface area contributed by atoms with Gasteiger partial charge in [0.05, 0.1) is 30.9 Å². The number of ether oxygens (including phenoxy) is 2. The standard InChI is InChI=1S/C26H31ClN4O3/c1-18-17-30(10-11-31(18)24(32)9-12-33-2)26-21(16-28)15-23(25(29-26)20-6-7-20)34-13-8-19-4-3-5-22(27)14-19/h3-5,14-15,18,20H,6-13,17H2,1-2H3/t18-/m1/s1. The molecule has 0 unspecified atom stereocenters. The maximum Gasteiger partial charge on any atom is 0.225 e. The Labute approximate surface area is 206 Å². The molecule has 4 rings (SSSR count). The van der Waals surface area contributed by atoms with E-state index in [9.17, 15) is 10.1 Å². The van der Waals surface area contributed by atoms with Crippen molar-refractivity contribution in [2.75, 3.05) is 44.9 Å². The minimum Gasteiger partial charge on any atom is -0.491 e. The first-order valence-corrected chi connectivity index (χ1v) is 12.2. The molecule has 0 N–H and O–H groups in total. The van der Waals surface area contributed by atoms with E-state index in [0.717, 1.165) is 30.5 Å². The summed E-state index contributed by atoms with van der Waals surface area (Å²) in [5, 5.41) is 10.6. The van der Waals surface area contributed by atoms with Crippen LogP contribution in [0.3, 0.4) is 0 Å². The molecule has 1 aliphatic heterocycles. The van der Waals surface area contributed by atoms with Gasteiger partial charge in [-0.1, -0.05) is 23.7 Å². The summed E-state index contributed by atoms with van der Waals surface area (Å²) in [6, 6.07) is 11.9. The first kappa shape index (κ1) is 24.3. The van der Waals surface area contributed by atoms with E-state index in [1.807, 2.05) is 42.2 Å². The molecule has 180 valence electrons. The van der Waals surface area contributed by atoms with Crippen LogP contribution in [-0.2, 0) is 16.0 Å². The molecule has 2 aromatic rings. The van der Waals surface area contributed by atoms with Crippen LogP contribution in [0.4, 0.5) is 5.82 Å². The van der Waals surface area contributed by atoms with Crippen LogP contribution >= 0.6 is 11.6 Å². The quantitative estimate of drug-likeness (QED) is 0.533. The molecule has 0 radical (unpaired) electrons. The number of carbonyl (C=O) groups is 1. The van der Waals surface area contributed by atoms with Crippen molar-refractivity contribution in [2.45, 2.75) is 44.6 Å². The smallest absolute Gasteiger partial charge is 0.225 e. The van der Waals surface area contributed by atoms with Crippen molar-refractivity contribution in [1.29, 1.82) is 5.26 Å². The molecule has 2 fully saturated rings. The van der Waals surface area contributed by atoms with Crippen LogP contribution in [0.1, 0.15) is 48.9 Å². The number of benzene rings is 1. The monoisotopic (exact) mass is 482 g/mol. The van der Waals surface area contributed by atoms with Gasteiger partial charge in [0.1, 0.15) is 17.6 Å². The van der Waals surface area contributed by atoms with Gasteiger partial charge in [-0.2, -0.15) is 5.26 Å². The number of carbonyl (C=O) groups excluding carboxylic acids is 1. The summed E-state index contributed by atoms with van der Waals surface area (Å²) in [7, 11) is 1.60. The number of rotatable bonds is 9. The number of halogens is 1. The highest BCUT2D eigenvalue weighted by Gasteiger charge is 2.33. The fourth-order valence-corrected chi connectivity index (χ4v) is 4.62. The molecule has 2 heterocycles. The molecule has 1 amide bonds. The molecule has 34 heavy (non-hydrogen) atoms. The van der Waals surface area contributed by atoms with Crippen LogP contribution in [-0.4, -0.2) is 61.8 Å². The molecule has 0 bridgehead atoms. The summed E-state index contributed by atoms with van der Waals surface area (Å²) in [5.74, 6) is 1.88. The van der Waals surface area contributed by atoms with Gasteiger partial charge in [-0.3, -0.25) is 4.79 Å². The van der Waals surface area contributed by atoms with Crippen molar-refractivity contribution in [3.05, 3.63) is 52.2 Å². The Morgan fingerprint density at radius 2 is 2.09 bits per heavy atom. The predicted molar refractivity (Wildman–Crippen MR) is 131 cm³/mol. The van der Waals surface area contributed by atoms with Gasteiger partial charge in [0.2, 0.25) is 5.91 Å². The molecule has 1 saturated heterocycles. The number of hydrogen-bond donors (Lipinski definition) is 0. The minimum atomic E-state index is 0.0319. The number of nitrogens with zero attached hydrogens (tertiary/aromatic N) is 4. The number of piperazine rings is 1. The molecule has 0 spiro atoms. The van der Waals surface area contributed by atoms with E-state index in [1.165, 1.54) is 0 Å². The SMILES string of the molecule is COCCC(=O)N1CCN(c2nc(C3CC3)c(OCCc3cccc(Cl)c3)cc2C#N)C[C@H]1C. The number of anilines is 1. The van der Waals surface area contributed by atoms with E-state index in [-0.39, 0.29) is 11.9 Å². The maximum atomic E-state index is 12.5. The van der Waals surface area contributed by atoms with Crippen molar-refractivity contribution in [1.82, 2.24) is 9.88 Å². The third-order valence-corrected chi connectivity index (χ3v) is 6.62. The molecular weight excluding hydrogens is 452 g/mol. The average molecular weight is 483 g/mol. The Balaban J connectivity index is 1.48. The van der Waals surface area contributed by atoms with Gasteiger partial charge in [-0.15, -0.1) is 0 Å². The number of hydrogen-bond acceptors (Lipinski definition) is 6. The van der Waals surface area contributed by atoms with Crippen molar-refractivity contribution in [3.63, 3.8) is 0 Å². The van der Waals surface area contributed by atoms with Crippen LogP contribution in [0.2, 0.25) is 5.02 Å². The lowest BCUT2D eigenvalue weighted by Gasteiger charge is -2.40. The van der Waals surface area contributed by atoms with Crippen LogP contribution in [0, 0.1) is 11.3 Å². The average Bonchev–Trinajstić information content (AvgIpc) is 3.67. The number of methoxy groups -OCH3 is 1. The van der Waals surface area contributed by atoms with Crippen molar-refractivity contribution >= 4 is 23.3 Å². The topological polar surface area (TPSA) is 78.7 Å². The van der Waals surface area contributed by atoms with Gasteiger partial charge < -0.3 is 19.3 Å². The summed E-state index contributed by atoms with van der Waals surface area (Å²) in [4.78, 5) is 21.5. The molecule has 1 aromatic carbocycles. The lowest BCUT2D eigenvalue weighted by molar-refractivity contribution is -0.134. The van der Waals surface area contributed by atoms with Gasteiger partial charge in [0, 0.05) is 56.2 Å². The van der Waals surface area contributed by atoms with Gasteiger partial charge in [0.25, 0.3) is 0 Å². The minimum absolute atomic E-state index is 0.0319. The lowest BCUT2D eigenvalue weighted by atomic mass is 10.1. The fourth-order valence-electron chi connectivity index (χ4n) is 4.41. The maximum absolute atomic E-state index is 12.5. The molecule has 1 atom stereocenters. The third-order valence-electron chi connectivity index (χ3n) is 6.38. The Morgan fingerprint density at radius 1 is 1.26 bits per heavy atom. The van der Waals surface area contributed by atoms with Crippen LogP contribution in [0.25, 0.3) is 0 Å². The number of nitriles is 1. The number of aromatic nitrogens is 1. The summed E-state index contributed by atoms with van der Waals surface area (Å²) >= 11 is 6.09. The van der Waals surface area contributed by atoms with E-state index < -0.39 is 0 Å². The van der Waals surface area contributed by atoms with Crippen LogP contribution in [0.15, 0.2) is 30.3 Å². The van der Waals surface area contributed by atoms with Gasteiger partial charge in [-0.05, 0) is 37.5 Å². The second kappa shape index (κ2) is 11.1. The Hall–Kier alpha value is -2.82. The largest absolute Gasteiger partial charge is 0.491 e. The first-order chi connectivity index (χ1) is 16.5. The summed E-state index contributed by atoms with van der Waals surface area (Å²) in [6.45, 7) is 4.84. The van der Waals surface area contributed by atoms with E-state index in [0.29, 0.717) is 67.3 Å². The summed E-state index contributed by atoms with van der Waals surface area (Å²) in [6.07, 6.45) is 3.28. The second-order valence-corrected chi connectivity index (χ2v) is 9.42. The predicted octanol–water partition coefficient (Wildman–Crippen LogP) is 4.18. The second-order valence-electron chi connectivity index (χ2n) is 8.98. The van der Waals surface area contributed by atoms with E-state index in [2.05, 4.69) is 11.0 Å². The summed E-state index contributed by atoms with van der Waals surface area (Å²) < 4.78 is 11.2. The highest BCUT2D eigenvalue weighted by molar-refractivity contribution is 6.30. The zero-order chi connectivity index (χ0) is 24.1. The van der Waals surface area contributed by atoms with Crippen molar-refractivity contribution < 1.29 is 14.3 Å². The molecular formula is C26H31ClN4O3. The normalized spacial score (nSPS) is 18.0. The molecule has 1 aliphatic carbocycles. The number of amides is 1. The summed E-state index contributed by atoms with van der Waals surface area (Å²) in [5.41, 5.74) is 2.55. The molecule has 8 heteroatoms. The Kier molecular flexibility index (Phi) is 7.91. The lowest BCUT2D eigenvalue weighted by Crippen LogP contribution is -2.54. The fraction of sp³-hybridized carbons (Fsp3) is 0.500. The van der Waals surface area contributed by atoms with Gasteiger partial charge in [-0.25, -0.2) is 4.98 Å². The highest BCUT2D eigenvalue weighted by atomic mass is 35.5. The van der Waals surface area contributed by atoms with Crippen LogP contribution < -0.4 is 9.64 Å². The van der Waals surface area contributed by atoms with E-state index in [1.54, 1.807) is 7.11 Å². The third kappa shape index (κ3) is 5.81. The van der Waals surface area contributed by atoms with Crippen molar-refractivity contribution in [2.24, 2.45) is 0 Å². The van der Waals surface area contributed by atoms with E-state index >= 15 is 0 Å². The molecule has 1 aromatic heterocycles. The zero-order valence-corrected chi connectivity index (χ0v) is 20.6. The van der Waals surface area contributed by atoms with Gasteiger partial charge in [0.15, 0.2) is 0 Å². The Morgan fingerprint density at radius 3 is 2.76 bits per heavy atom. The first-order valence-electron chi connectivity index (χ1n) is 11.9. The highest BCUT2D eigenvalue weighted by Crippen LogP contribution is 2.44. The molecule has 1 saturated carbocycles. The zero-order valence-electron chi connectivity index (χ0n) is 19.8.